The molecule has 11 heteroatoms. The van der Waals surface area contributed by atoms with Gasteiger partial charge in [0.05, 0.1) is 19.6 Å². The van der Waals surface area contributed by atoms with Crippen molar-refractivity contribution in [2.75, 3.05) is 56.4 Å². The number of anilines is 2. The van der Waals surface area contributed by atoms with Crippen LogP contribution in [0.3, 0.4) is 0 Å². The standard InChI is InChI=1S/C20H28N4O7/c1-14(2)20(31)22-16-5-3-15(4-6-16)21-7-8-23(11-17(25)26)9-10-24(12-18(27)28)13-19(29)30/h3-6,21H,1,7-13H2,2H3,(H,22,31)(H,25,26)(H,27,28)(H,29,30). The molecule has 5 N–H and O–H groups in total. The summed E-state index contributed by atoms with van der Waals surface area (Å²) in [6.07, 6.45) is 0. The van der Waals surface area contributed by atoms with Crippen molar-refractivity contribution in [3.8, 4) is 0 Å². The van der Waals surface area contributed by atoms with Crippen molar-refractivity contribution in [2.45, 2.75) is 6.92 Å². The van der Waals surface area contributed by atoms with E-state index in [0.717, 1.165) is 5.69 Å². The molecule has 11 nitrogen and oxygen atoms in total. The highest BCUT2D eigenvalue weighted by atomic mass is 16.4. The third-order valence-electron chi connectivity index (χ3n) is 4.10. The van der Waals surface area contributed by atoms with Crippen LogP contribution in [0.5, 0.6) is 0 Å². The highest BCUT2D eigenvalue weighted by molar-refractivity contribution is 6.02. The van der Waals surface area contributed by atoms with Gasteiger partial charge in [0.25, 0.3) is 5.91 Å². The van der Waals surface area contributed by atoms with E-state index in [1.807, 2.05) is 0 Å². The van der Waals surface area contributed by atoms with Crippen LogP contribution in [0.1, 0.15) is 6.92 Å². The number of hydrogen-bond acceptors (Lipinski definition) is 7. The van der Waals surface area contributed by atoms with E-state index in [-0.39, 0.29) is 25.5 Å². The lowest BCUT2D eigenvalue weighted by molar-refractivity contribution is -0.143. The molecule has 170 valence electrons. The summed E-state index contributed by atoms with van der Waals surface area (Å²) in [6.45, 7) is 5.07. The zero-order valence-corrected chi connectivity index (χ0v) is 17.3. The minimum absolute atomic E-state index is 0.100. The maximum Gasteiger partial charge on any atom is 0.317 e. The van der Waals surface area contributed by atoms with Crippen molar-refractivity contribution in [2.24, 2.45) is 0 Å². The summed E-state index contributed by atoms with van der Waals surface area (Å²) >= 11 is 0. The fourth-order valence-corrected chi connectivity index (χ4v) is 2.61. The first-order valence-corrected chi connectivity index (χ1v) is 9.47. The molecular weight excluding hydrogens is 408 g/mol. The second kappa shape index (κ2) is 13.0. The van der Waals surface area contributed by atoms with Crippen LogP contribution in [0, 0.1) is 0 Å². The van der Waals surface area contributed by atoms with Crippen molar-refractivity contribution < 1.29 is 34.5 Å². The SMILES string of the molecule is C=C(C)C(=O)Nc1ccc(NCCN(CCN(CC(=O)O)CC(=O)O)CC(=O)O)cc1. The van der Waals surface area contributed by atoms with Gasteiger partial charge in [-0.3, -0.25) is 29.0 Å². The monoisotopic (exact) mass is 436 g/mol. The number of nitrogens with one attached hydrogen (secondary N) is 2. The quantitative estimate of drug-likeness (QED) is 0.245. The number of hydrogen-bond donors (Lipinski definition) is 5. The topological polar surface area (TPSA) is 160 Å². The van der Waals surface area contributed by atoms with Gasteiger partial charge in [0.2, 0.25) is 0 Å². The summed E-state index contributed by atoms with van der Waals surface area (Å²) in [5, 5.41) is 32.7. The molecule has 0 saturated carbocycles. The van der Waals surface area contributed by atoms with Crippen LogP contribution >= 0.6 is 0 Å². The lowest BCUT2D eigenvalue weighted by atomic mass is 10.2. The molecule has 0 aliphatic carbocycles. The molecule has 0 heterocycles. The van der Waals surface area contributed by atoms with E-state index >= 15 is 0 Å². The molecule has 0 aromatic heterocycles. The van der Waals surface area contributed by atoms with Gasteiger partial charge >= 0.3 is 17.9 Å². The Morgan fingerprint density at radius 1 is 0.806 bits per heavy atom. The number of amides is 1. The van der Waals surface area contributed by atoms with E-state index in [0.29, 0.717) is 24.4 Å². The summed E-state index contributed by atoms with van der Waals surface area (Å²) in [6, 6.07) is 6.95. The highest BCUT2D eigenvalue weighted by Gasteiger charge is 2.16. The third-order valence-corrected chi connectivity index (χ3v) is 4.10. The highest BCUT2D eigenvalue weighted by Crippen LogP contribution is 2.14. The molecule has 0 atom stereocenters. The van der Waals surface area contributed by atoms with E-state index < -0.39 is 31.0 Å². The van der Waals surface area contributed by atoms with Crippen LogP contribution in [-0.2, 0) is 19.2 Å². The second-order valence-electron chi connectivity index (χ2n) is 6.91. The fraction of sp³-hybridized carbons (Fsp3) is 0.400. The molecule has 0 fully saturated rings. The van der Waals surface area contributed by atoms with Gasteiger partial charge in [-0.15, -0.1) is 0 Å². The molecule has 1 aromatic rings. The van der Waals surface area contributed by atoms with Crippen molar-refractivity contribution in [3.05, 3.63) is 36.4 Å². The van der Waals surface area contributed by atoms with Gasteiger partial charge in [-0.05, 0) is 31.2 Å². The Morgan fingerprint density at radius 3 is 1.74 bits per heavy atom. The van der Waals surface area contributed by atoms with Crippen LogP contribution in [0.15, 0.2) is 36.4 Å². The summed E-state index contributed by atoms with van der Waals surface area (Å²) in [4.78, 5) is 47.3. The summed E-state index contributed by atoms with van der Waals surface area (Å²) in [5.74, 6) is -3.63. The van der Waals surface area contributed by atoms with Crippen molar-refractivity contribution in [1.82, 2.24) is 9.80 Å². The number of carbonyl (C=O) groups is 4. The Labute approximate surface area is 179 Å². The Morgan fingerprint density at radius 2 is 1.26 bits per heavy atom. The Bertz CT molecular complexity index is 779. The van der Waals surface area contributed by atoms with Gasteiger partial charge in [-0.2, -0.15) is 0 Å². The predicted octanol–water partition coefficient (Wildman–Crippen LogP) is 0.471. The van der Waals surface area contributed by atoms with Gasteiger partial charge in [0.15, 0.2) is 0 Å². The molecule has 31 heavy (non-hydrogen) atoms. The molecule has 0 saturated heterocycles. The lowest BCUT2D eigenvalue weighted by Crippen LogP contribution is -2.43. The molecule has 1 aromatic carbocycles. The van der Waals surface area contributed by atoms with Crippen LogP contribution in [0.25, 0.3) is 0 Å². The van der Waals surface area contributed by atoms with E-state index in [1.54, 1.807) is 36.1 Å². The first-order chi connectivity index (χ1) is 14.6. The lowest BCUT2D eigenvalue weighted by Gasteiger charge is -2.25. The van der Waals surface area contributed by atoms with E-state index in [1.165, 1.54) is 4.90 Å². The Hall–Kier alpha value is -3.44. The number of carboxylic acid groups (broad SMARTS) is 3. The zero-order valence-electron chi connectivity index (χ0n) is 17.3. The van der Waals surface area contributed by atoms with Gasteiger partial charge < -0.3 is 26.0 Å². The largest absolute Gasteiger partial charge is 0.480 e. The Kier molecular flexibility index (Phi) is 10.7. The first kappa shape index (κ1) is 25.6. The van der Waals surface area contributed by atoms with Gasteiger partial charge in [-0.25, -0.2) is 0 Å². The fourth-order valence-electron chi connectivity index (χ4n) is 2.61. The number of carbonyl (C=O) groups excluding carboxylic acids is 1. The molecule has 1 amide bonds. The molecule has 0 bridgehead atoms. The molecule has 0 spiro atoms. The van der Waals surface area contributed by atoms with Crippen LogP contribution in [0.2, 0.25) is 0 Å². The smallest absolute Gasteiger partial charge is 0.317 e. The summed E-state index contributed by atoms with van der Waals surface area (Å²) in [7, 11) is 0. The van der Waals surface area contributed by atoms with Crippen LogP contribution < -0.4 is 10.6 Å². The summed E-state index contributed by atoms with van der Waals surface area (Å²) in [5.41, 5.74) is 1.77. The van der Waals surface area contributed by atoms with E-state index in [9.17, 15) is 19.2 Å². The van der Waals surface area contributed by atoms with Gasteiger partial charge in [-0.1, -0.05) is 6.58 Å². The normalized spacial score (nSPS) is 10.7. The molecule has 0 aliphatic heterocycles. The first-order valence-electron chi connectivity index (χ1n) is 9.47. The molecule has 1 rings (SSSR count). The summed E-state index contributed by atoms with van der Waals surface area (Å²) < 4.78 is 0. The van der Waals surface area contributed by atoms with Gasteiger partial charge in [0.1, 0.15) is 0 Å². The van der Waals surface area contributed by atoms with Gasteiger partial charge in [0, 0.05) is 43.1 Å². The number of benzene rings is 1. The average Bonchev–Trinajstić information content (AvgIpc) is 2.65. The van der Waals surface area contributed by atoms with Crippen molar-refractivity contribution in [3.63, 3.8) is 0 Å². The molecule has 0 radical (unpaired) electrons. The van der Waals surface area contributed by atoms with Crippen molar-refractivity contribution in [1.29, 1.82) is 0 Å². The average molecular weight is 436 g/mol. The second-order valence-corrected chi connectivity index (χ2v) is 6.91. The van der Waals surface area contributed by atoms with Crippen LogP contribution in [0.4, 0.5) is 11.4 Å². The number of nitrogens with zero attached hydrogens (tertiary/aromatic N) is 2. The Balaban J connectivity index is 2.57. The maximum atomic E-state index is 11.6. The minimum atomic E-state index is -1.16. The minimum Gasteiger partial charge on any atom is -0.480 e. The molecular formula is C20H28N4O7. The maximum absolute atomic E-state index is 11.6. The molecule has 0 unspecified atom stereocenters. The molecule has 0 aliphatic rings. The zero-order chi connectivity index (χ0) is 23.4. The number of rotatable bonds is 15. The third kappa shape index (κ3) is 11.4. The number of carboxylic acids is 3. The predicted molar refractivity (Wildman–Crippen MR) is 114 cm³/mol. The van der Waals surface area contributed by atoms with Crippen LogP contribution in [-0.4, -0.2) is 94.7 Å². The van der Waals surface area contributed by atoms with E-state index in [4.69, 9.17) is 15.3 Å². The number of aliphatic carboxylic acids is 3. The van der Waals surface area contributed by atoms with E-state index in [2.05, 4.69) is 17.2 Å². The van der Waals surface area contributed by atoms with Crippen molar-refractivity contribution >= 4 is 35.2 Å².